The maximum absolute atomic E-state index is 11.7. The Hall–Kier alpha value is -1.46. The van der Waals surface area contributed by atoms with Crippen LogP contribution in [0.15, 0.2) is 24.4 Å². The highest BCUT2D eigenvalue weighted by atomic mass is 16.5. The van der Waals surface area contributed by atoms with E-state index >= 15 is 0 Å². The molecule has 0 aliphatic carbocycles. The van der Waals surface area contributed by atoms with Crippen LogP contribution in [0.4, 0.5) is 0 Å². The number of amides is 1. The second kappa shape index (κ2) is 5.05. The second-order valence-corrected chi connectivity index (χ2v) is 3.85. The maximum atomic E-state index is 11.7. The highest BCUT2D eigenvalue weighted by Gasteiger charge is 2.30. The third kappa shape index (κ3) is 2.56. The van der Waals surface area contributed by atoms with Crippen LogP contribution in [0.1, 0.15) is 5.69 Å². The van der Waals surface area contributed by atoms with Crippen LogP contribution in [-0.4, -0.2) is 30.1 Å². The molecule has 3 N–H and O–H groups in total. The highest BCUT2D eigenvalue weighted by molar-refractivity contribution is 5.79. The van der Waals surface area contributed by atoms with Gasteiger partial charge in [-0.05, 0) is 12.1 Å². The van der Waals surface area contributed by atoms with Crippen LogP contribution < -0.4 is 11.1 Å². The fourth-order valence-electron chi connectivity index (χ4n) is 1.65. The van der Waals surface area contributed by atoms with Gasteiger partial charge in [-0.1, -0.05) is 6.07 Å². The van der Waals surface area contributed by atoms with Crippen LogP contribution in [0.5, 0.6) is 0 Å². The lowest BCUT2D eigenvalue weighted by atomic mass is 10.0. The molecule has 0 bridgehead atoms. The normalized spacial score (nSPS) is 24.3. The first-order chi connectivity index (χ1) is 7.77. The number of hydrogen-bond donors (Lipinski definition) is 2. The molecule has 5 nitrogen and oxygen atoms in total. The molecular formula is C11H15N3O2. The molecule has 0 spiro atoms. The Morgan fingerprint density at radius 2 is 2.44 bits per heavy atom. The van der Waals surface area contributed by atoms with Gasteiger partial charge in [0.1, 0.15) is 0 Å². The predicted molar refractivity (Wildman–Crippen MR) is 58.4 cm³/mol. The summed E-state index contributed by atoms with van der Waals surface area (Å²) in [6.07, 6.45) is 1.70. The van der Waals surface area contributed by atoms with E-state index in [1.54, 1.807) is 6.20 Å². The topological polar surface area (TPSA) is 77.2 Å². The fraction of sp³-hybridized carbons (Fsp3) is 0.455. The monoisotopic (exact) mass is 221 g/mol. The molecule has 1 aliphatic heterocycles. The summed E-state index contributed by atoms with van der Waals surface area (Å²) in [7, 11) is 0. The zero-order valence-corrected chi connectivity index (χ0v) is 8.93. The number of rotatable bonds is 3. The SMILES string of the molecule is NC1COCC1C(=O)NCc1ccccn1. The van der Waals surface area contributed by atoms with Crippen molar-refractivity contribution in [3.63, 3.8) is 0 Å². The van der Waals surface area contributed by atoms with Crippen LogP contribution in [0.25, 0.3) is 0 Å². The molecule has 0 aromatic carbocycles. The van der Waals surface area contributed by atoms with Crippen molar-refractivity contribution in [3.05, 3.63) is 30.1 Å². The van der Waals surface area contributed by atoms with Crippen LogP contribution in [-0.2, 0) is 16.1 Å². The number of carbonyl (C=O) groups is 1. The standard InChI is InChI=1S/C11H15N3O2/c12-10-7-16-6-9(10)11(15)14-5-8-3-1-2-4-13-8/h1-4,9-10H,5-7,12H2,(H,14,15). The molecule has 1 saturated heterocycles. The van der Waals surface area contributed by atoms with Gasteiger partial charge in [-0.25, -0.2) is 0 Å². The summed E-state index contributed by atoms with van der Waals surface area (Å²) in [6, 6.07) is 5.40. The molecule has 2 rings (SSSR count). The number of ether oxygens (including phenoxy) is 1. The Kier molecular flexibility index (Phi) is 3.48. The number of nitrogens with two attached hydrogens (primary N) is 1. The van der Waals surface area contributed by atoms with Gasteiger partial charge in [-0.2, -0.15) is 0 Å². The molecule has 2 heterocycles. The Bertz CT molecular complexity index is 356. The van der Waals surface area contributed by atoms with Crippen LogP contribution >= 0.6 is 0 Å². The van der Waals surface area contributed by atoms with E-state index in [1.165, 1.54) is 0 Å². The molecule has 5 heteroatoms. The van der Waals surface area contributed by atoms with Gasteiger partial charge in [0.15, 0.2) is 0 Å². The zero-order chi connectivity index (χ0) is 11.4. The van der Waals surface area contributed by atoms with Crippen molar-refractivity contribution < 1.29 is 9.53 Å². The van der Waals surface area contributed by atoms with Gasteiger partial charge in [0, 0.05) is 12.2 Å². The van der Waals surface area contributed by atoms with Gasteiger partial charge >= 0.3 is 0 Å². The van der Waals surface area contributed by atoms with E-state index in [0.717, 1.165) is 5.69 Å². The number of carbonyl (C=O) groups excluding carboxylic acids is 1. The Morgan fingerprint density at radius 3 is 3.06 bits per heavy atom. The third-order valence-corrected chi connectivity index (χ3v) is 2.63. The first kappa shape index (κ1) is 11.0. The summed E-state index contributed by atoms with van der Waals surface area (Å²) in [6.45, 7) is 1.31. The van der Waals surface area contributed by atoms with E-state index in [1.807, 2.05) is 18.2 Å². The predicted octanol–water partition coefficient (Wildman–Crippen LogP) is -0.328. The number of nitrogens with one attached hydrogen (secondary N) is 1. The minimum absolute atomic E-state index is 0.0596. The minimum Gasteiger partial charge on any atom is -0.379 e. The van der Waals surface area contributed by atoms with Gasteiger partial charge in [0.2, 0.25) is 5.91 Å². The summed E-state index contributed by atoms with van der Waals surface area (Å²) >= 11 is 0. The van der Waals surface area contributed by atoms with Crippen molar-refractivity contribution >= 4 is 5.91 Å². The lowest BCUT2D eigenvalue weighted by molar-refractivity contribution is -0.125. The van der Waals surface area contributed by atoms with Gasteiger partial charge < -0.3 is 15.8 Å². The Labute approximate surface area is 94.0 Å². The molecule has 1 aliphatic rings. The summed E-state index contributed by atoms with van der Waals surface area (Å²) in [5, 5.41) is 2.81. The molecule has 1 aromatic rings. The van der Waals surface area contributed by atoms with E-state index in [9.17, 15) is 4.79 Å². The smallest absolute Gasteiger partial charge is 0.227 e. The van der Waals surface area contributed by atoms with E-state index < -0.39 is 0 Å². The van der Waals surface area contributed by atoms with Gasteiger partial charge in [0.05, 0.1) is 31.4 Å². The maximum Gasteiger partial charge on any atom is 0.227 e. The lowest BCUT2D eigenvalue weighted by Crippen LogP contribution is -2.40. The number of aromatic nitrogens is 1. The van der Waals surface area contributed by atoms with Crippen molar-refractivity contribution in [1.29, 1.82) is 0 Å². The molecule has 0 radical (unpaired) electrons. The highest BCUT2D eigenvalue weighted by Crippen LogP contribution is 2.11. The molecular weight excluding hydrogens is 206 g/mol. The summed E-state index contributed by atoms with van der Waals surface area (Å²) < 4.78 is 5.14. The quantitative estimate of drug-likeness (QED) is 0.732. The molecule has 2 unspecified atom stereocenters. The van der Waals surface area contributed by atoms with Crippen LogP contribution in [0.3, 0.4) is 0 Å². The molecule has 0 saturated carbocycles. The van der Waals surface area contributed by atoms with Crippen molar-refractivity contribution in [2.24, 2.45) is 11.7 Å². The average molecular weight is 221 g/mol. The first-order valence-electron chi connectivity index (χ1n) is 5.28. The lowest BCUT2D eigenvalue weighted by Gasteiger charge is -2.12. The molecule has 86 valence electrons. The number of pyridine rings is 1. The van der Waals surface area contributed by atoms with Crippen LogP contribution in [0, 0.1) is 5.92 Å². The van der Waals surface area contributed by atoms with E-state index in [0.29, 0.717) is 19.8 Å². The van der Waals surface area contributed by atoms with E-state index in [-0.39, 0.29) is 17.9 Å². The van der Waals surface area contributed by atoms with Crippen molar-refractivity contribution in [2.75, 3.05) is 13.2 Å². The van der Waals surface area contributed by atoms with Crippen LogP contribution in [0.2, 0.25) is 0 Å². The molecule has 1 fully saturated rings. The minimum atomic E-state index is -0.233. The molecule has 1 amide bonds. The van der Waals surface area contributed by atoms with Gasteiger partial charge in [0.25, 0.3) is 0 Å². The van der Waals surface area contributed by atoms with Crippen molar-refractivity contribution in [3.8, 4) is 0 Å². The molecule has 16 heavy (non-hydrogen) atoms. The first-order valence-corrected chi connectivity index (χ1v) is 5.28. The number of hydrogen-bond acceptors (Lipinski definition) is 4. The van der Waals surface area contributed by atoms with Gasteiger partial charge in [-0.3, -0.25) is 9.78 Å². The summed E-state index contributed by atoms with van der Waals surface area (Å²) in [4.78, 5) is 15.8. The Balaban J connectivity index is 1.84. The summed E-state index contributed by atoms with van der Waals surface area (Å²) in [5.41, 5.74) is 6.58. The fourth-order valence-corrected chi connectivity index (χ4v) is 1.65. The van der Waals surface area contributed by atoms with Crippen molar-refractivity contribution in [2.45, 2.75) is 12.6 Å². The largest absolute Gasteiger partial charge is 0.379 e. The van der Waals surface area contributed by atoms with Crippen molar-refractivity contribution in [1.82, 2.24) is 10.3 Å². The number of nitrogens with zero attached hydrogens (tertiary/aromatic N) is 1. The van der Waals surface area contributed by atoms with E-state index in [4.69, 9.17) is 10.5 Å². The Morgan fingerprint density at radius 1 is 1.56 bits per heavy atom. The molecule has 2 atom stereocenters. The third-order valence-electron chi connectivity index (χ3n) is 2.63. The average Bonchev–Trinajstić information content (AvgIpc) is 2.74. The molecule has 1 aromatic heterocycles. The van der Waals surface area contributed by atoms with E-state index in [2.05, 4.69) is 10.3 Å². The summed E-state index contributed by atoms with van der Waals surface area (Å²) in [5.74, 6) is -0.292. The van der Waals surface area contributed by atoms with Gasteiger partial charge in [-0.15, -0.1) is 0 Å². The zero-order valence-electron chi connectivity index (χ0n) is 8.93. The second-order valence-electron chi connectivity index (χ2n) is 3.85.